The average Bonchev–Trinajstić information content (AvgIpc) is 2.28. The van der Waals surface area contributed by atoms with Crippen LogP contribution in [0.25, 0.3) is 0 Å². The van der Waals surface area contributed by atoms with Crippen molar-refractivity contribution in [2.75, 3.05) is 11.9 Å². The predicted molar refractivity (Wildman–Crippen MR) is 69.8 cm³/mol. The van der Waals surface area contributed by atoms with Gasteiger partial charge < -0.3 is 10.4 Å². The average molecular weight is 221 g/mol. The van der Waals surface area contributed by atoms with Crippen molar-refractivity contribution in [3.05, 3.63) is 29.8 Å². The minimum Gasteiger partial charge on any atom is -0.388 e. The Labute approximate surface area is 98.7 Å². The lowest BCUT2D eigenvalue weighted by atomic mass is 10.0. The van der Waals surface area contributed by atoms with Crippen LogP contribution < -0.4 is 5.32 Å². The molecular formula is C14H23NO. The van der Waals surface area contributed by atoms with Gasteiger partial charge in [0.15, 0.2) is 0 Å². The molecule has 1 unspecified atom stereocenters. The maximum absolute atomic E-state index is 9.94. The molecule has 0 aromatic heterocycles. The fourth-order valence-electron chi connectivity index (χ4n) is 1.59. The van der Waals surface area contributed by atoms with E-state index >= 15 is 0 Å². The molecule has 2 N–H and O–H groups in total. The summed E-state index contributed by atoms with van der Waals surface area (Å²) in [7, 11) is 0. The van der Waals surface area contributed by atoms with Crippen molar-refractivity contribution in [3.8, 4) is 0 Å². The monoisotopic (exact) mass is 221 g/mol. The molecule has 0 radical (unpaired) electrons. The van der Waals surface area contributed by atoms with E-state index in [1.807, 2.05) is 19.9 Å². The molecule has 0 amide bonds. The minimum atomic E-state index is -0.626. The normalized spacial score (nSPS) is 14.5. The molecular weight excluding hydrogens is 198 g/mol. The molecule has 2 heteroatoms. The Morgan fingerprint density at radius 2 is 1.94 bits per heavy atom. The minimum absolute atomic E-state index is 0.601. The quantitative estimate of drug-likeness (QED) is 0.773. The van der Waals surface area contributed by atoms with Gasteiger partial charge in [-0.1, -0.05) is 38.5 Å². The van der Waals surface area contributed by atoms with Gasteiger partial charge in [0.05, 0.1) is 5.60 Å². The molecule has 1 atom stereocenters. The third-order valence-electron chi connectivity index (χ3n) is 2.96. The van der Waals surface area contributed by atoms with E-state index in [2.05, 4.69) is 30.4 Å². The number of anilines is 1. The van der Waals surface area contributed by atoms with E-state index in [9.17, 15) is 5.11 Å². The molecule has 2 nitrogen and oxygen atoms in total. The van der Waals surface area contributed by atoms with Gasteiger partial charge >= 0.3 is 0 Å². The number of nitrogens with one attached hydrogen (secondary N) is 1. The highest BCUT2D eigenvalue weighted by Crippen LogP contribution is 2.18. The molecule has 0 fully saturated rings. The molecule has 0 saturated heterocycles. The molecule has 0 heterocycles. The van der Waals surface area contributed by atoms with Crippen LogP contribution in [-0.4, -0.2) is 17.3 Å². The summed E-state index contributed by atoms with van der Waals surface area (Å²) >= 11 is 0. The van der Waals surface area contributed by atoms with Crippen molar-refractivity contribution in [3.63, 3.8) is 0 Å². The van der Waals surface area contributed by atoms with Gasteiger partial charge in [0.1, 0.15) is 0 Å². The second-order valence-corrected chi connectivity index (χ2v) is 4.61. The molecule has 0 spiro atoms. The summed E-state index contributed by atoms with van der Waals surface area (Å²) in [5.74, 6) is 0. The molecule has 0 bridgehead atoms. The fraction of sp³-hybridized carbons (Fsp3) is 0.571. The zero-order chi connectivity index (χ0) is 12.0. The van der Waals surface area contributed by atoms with Crippen LogP contribution in [0.4, 0.5) is 5.69 Å². The second-order valence-electron chi connectivity index (χ2n) is 4.61. The van der Waals surface area contributed by atoms with E-state index in [1.165, 1.54) is 5.56 Å². The van der Waals surface area contributed by atoms with E-state index < -0.39 is 5.60 Å². The Hall–Kier alpha value is -1.02. The Morgan fingerprint density at radius 1 is 1.25 bits per heavy atom. The topological polar surface area (TPSA) is 32.3 Å². The number of rotatable bonds is 6. The Morgan fingerprint density at radius 3 is 2.56 bits per heavy atom. The van der Waals surface area contributed by atoms with Crippen LogP contribution in [0.3, 0.4) is 0 Å². The van der Waals surface area contributed by atoms with E-state index in [1.54, 1.807) is 0 Å². The first-order valence-electron chi connectivity index (χ1n) is 6.13. The van der Waals surface area contributed by atoms with Crippen LogP contribution in [0.15, 0.2) is 24.3 Å². The van der Waals surface area contributed by atoms with E-state index in [4.69, 9.17) is 0 Å². The van der Waals surface area contributed by atoms with Gasteiger partial charge in [-0.05, 0) is 31.4 Å². The highest BCUT2D eigenvalue weighted by molar-refractivity contribution is 5.51. The van der Waals surface area contributed by atoms with E-state index in [0.29, 0.717) is 6.54 Å². The number of hydrogen-bond donors (Lipinski definition) is 2. The largest absolute Gasteiger partial charge is 0.388 e. The lowest BCUT2D eigenvalue weighted by molar-refractivity contribution is 0.0697. The summed E-state index contributed by atoms with van der Waals surface area (Å²) in [6, 6.07) is 8.32. The lowest BCUT2D eigenvalue weighted by Crippen LogP contribution is -2.32. The summed E-state index contributed by atoms with van der Waals surface area (Å²) in [5, 5.41) is 13.3. The van der Waals surface area contributed by atoms with Crippen LogP contribution >= 0.6 is 0 Å². The summed E-state index contributed by atoms with van der Waals surface area (Å²) in [6.07, 6.45) is 2.98. The first-order chi connectivity index (χ1) is 7.59. The van der Waals surface area contributed by atoms with Crippen molar-refractivity contribution in [1.82, 2.24) is 0 Å². The van der Waals surface area contributed by atoms with E-state index in [0.717, 1.165) is 24.9 Å². The zero-order valence-corrected chi connectivity index (χ0v) is 10.6. The van der Waals surface area contributed by atoms with Crippen LogP contribution in [0, 0.1) is 0 Å². The van der Waals surface area contributed by atoms with Crippen molar-refractivity contribution in [1.29, 1.82) is 0 Å². The van der Waals surface area contributed by atoms with Crippen LogP contribution in [0.1, 0.15) is 39.2 Å². The van der Waals surface area contributed by atoms with Crippen LogP contribution in [-0.2, 0) is 6.42 Å². The Kier molecular flexibility index (Phi) is 4.81. The molecule has 1 aromatic carbocycles. The van der Waals surface area contributed by atoms with Gasteiger partial charge in [-0.25, -0.2) is 0 Å². The number of aliphatic hydroxyl groups is 1. The van der Waals surface area contributed by atoms with Crippen molar-refractivity contribution in [2.45, 2.75) is 45.6 Å². The maximum Gasteiger partial charge on any atom is 0.0788 e. The highest BCUT2D eigenvalue weighted by Gasteiger charge is 2.17. The van der Waals surface area contributed by atoms with Gasteiger partial charge in [0.25, 0.3) is 0 Å². The Bertz CT molecular complexity index is 320. The third-order valence-corrected chi connectivity index (χ3v) is 2.96. The standard InChI is InChI=1S/C14H23NO/c1-4-8-12-9-6-7-10-13(12)15-11-14(3,16)5-2/h6-7,9-10,15-16H,4-5,8,11H2,1-3H3. The molecule has 1 rings (SSSR count). The van der Waals surface area contributed by atoms with Crippen molar-refractivity contribution >= 4 is 5.69 Å². The highest BCUT2D eigenvalue weighted by atomic mass is 16.3. The molecule has 16 heavy (non-hydrogen) atoms. The fourth-order valence-corrected chi connectivity index (χ4v) is 1.59. The first-order valence-corrected chi connectivity index (χ1v) is 6.13. The van der Waals surface area contributed by atoms with Crippen molar-refractivity contribution in [2.24, 2.45) is 0 Å². The first kappa shape index (κ1) is 13.0. The molecule has 0 aliphatic carbocycles. The molecule has 0 aliphatic heterocycles. The predicted octanol–water partition coefficient (Wildman–Crippen LogP) is 3.21. The number of benzene rings is 1. The summed E-state index contributed by atoms with van der Waals surface area (Å²) in [4.78, 5) is 0. The van der Waals surface area contributed by atoms with Gasteiger partial charge in [-0.3, -0.25) is 0 Å². The Balaban J connectivity index is 2.66. The lowest BCUT2D eigenvalue weighted by Gasteiger charge is -2.23. The smallest absolute Gasteiger partial charge is 0.0788 e. The number of hydrogen-bond acceptors (Lipinski definition) is 2. The summed E-state index contributed by atoms with van der Waals surface area (Å²) in [5.41, 5.74) is 1.86. The molecule has 90 valence electrons. The van der Waals surface area contributed by atoms with Gasteiger partial charge in [0.2, 0.25) is 0 Å². The van der Waals surface area contributed by atoms with E-state index in [-0.39, 0.29) is 0 Å². The third kappa shape index (κ3) is 3.86. The summed E-state index contributed by atoms with van der Waals surface area (Å²) < 4.78 is 0. The number of aryl methyl sites for hydroxylation is 1. The van der Waals surface area contributed by atoms with Gasteiger partial charge in [0, 0.05) is 12.2 Å². The second kappa shape index (κ2) is 5.90. The summed E-state index contributed by atoms with van der Waals surface area (Å²) in [6.45, 7) is 6.64. The van der Waals surface area contributed by atoms with Crippen molar-refractivity contribution < 1.29 is 5.11 Å². The zero-order valence-electron chi connectivity index (χ0n) is 10.6. The van der Waals surface area contributed by atoms with Crippen LogP contribution in [0.5, 0.6) is 0 Å². The molecule has 1 aromatic rings. The van der Waals surface area contributed by atoms with Crippen LogP contribution in [0.2, 0.25) is 0 Å². The maximum atomic E-state index is 9.94. The van der Waals surface area contributed by atoms with Gasteiger partial charge in [-0.15, -0.1) is 0 Å². The number of para-hydroxylation sites is 1. The molecule has 0 saturated carbocycles. The van der Waals surface area contributed by atoms with Gasteiger partial charge in [-0.2, -0.15) is 0 Å². The SMILES string of the molecule is CCCc1ccccc1NCC(C)(O)CC. The molecule has 0 aliphatic rings.